The summed E-state index contributed by atoms with van der Waals surface area (Å²) in [6.45, 7) is -1.15. The number of anilines is 1. The van der Waals surface area contributed by atoms with Gasteiger partial charge < -0.3 is 35.2 Å². The van der Waals surface area contributed by atoms with Crippen molar-refractivity contribution in [2.24, 2.45) is 11.8 Å². The molecule has 0 radical (unpaired) electrons. The van der Waals surface area contributed by atoms with E-state index in [0.717, 1.165) is 0 Å². The van der Waals surface area contributed by atoms with E-state index in [1.807, 2.05) is 0 Å². The van der Waals surface area contributed by atoms with Gasteiger partial charge in [0, 0.05) is 5.69 Å². The first-order chi connectivity index (χ1) is 20.4. The summed E-state index contributed by atoms with van der Waals surface area (Å²) in [6.07, 6.45) is -8.97. The van der Waals surface area contributed by atoms with E-state index in [1.165, 1.54) is 77.7 Å². The predicted octanol–water partition coefficient (Wildman–Crippen LogP) is 3.27. The van der Waals surface area contributed by atoms with Gasteiger partial charge in [0.15, 0.2) is 6.10 Å². The lowest BCUT2D eigenvalue weighted by Gasteiger charge is -2.48. The Hall–Kier alpha value is -3.55. The summed E-state index contributed by atoms with van der Waals surface area (Å²) in [6, 6.07) is 15.9. The Morgan fingerprint density at radius 1 is 0.837 bits per heavy atom. The van der Waals surface area contributed by atoms with Crippen LogP contribution in [0.4, 0.5) is 23.2 Å². The first kappa shape index (κ1) is 30.9. The van der Waals surface area contributed by atoms with E-state index in [2.05, 4.69) is 0 Å². The molecule has 1 aliphatic carbocycles. The first-order valence-corrected chi connectivity index (χ1v) is 13.8. The van der Waals surface area contributed by atoms with Gasteiger partial charge in [-0.1, -0.05) is 24.3 Å². The second-order valence-electron chi connectivity index (χ2n) is 10.9. The Morgan fingerprint density at radius 2 is 1.42 bits per heavy atom. The number of β-lactam (4-membered cyclic amide) rings is 1. The summed E-state index contributed by atoms with van der Waals surface area (Å²) >= 11 is 0. The van der Waals surface area contributed by atoms with Crippen LogP contribution in [-0.4, -0.2) is 68.4 Å². The van der Waals surface area contributed by atoms with E-state index in [9.17, 15) is 47.9 Å². The quantitative estimate of drug-likeness (QED) is 0.187. The predicted molar refractivity (Wildman–Crippen MR) is 145 cm³/mol. The fraction of sp³-hybridized carbons (Fsp3) is 0.387. The molecule has 1 amide bonds. The van der Waals surface area contributed by atoms with Gasteiger partial charge in [-0.25, -0.2) is 17.6 Å². The number of aliphatic hydroxyl groups is 5. The topological polar surface area (TPSA) is 131 Å². The molecule has 8 unspecified atom stereocenters. The summed E-state index contributed by atoms with van der Waals surface area (Å²) in [5, 5.41) is 50.2. The zero-order valence-corrected chi connectivity index (χ0v) is 22.7. The number of hydrogen-bond acceptors (Lipinski definition) is 7. The van der Waals surface area contributed by atoms with Gasteiger partial charge in [-0.05, 0) is 72.5 Å². The molecule has 2 fully saturated rings. The molecule has 5 rings (SSSR count). The number of amides is 1. The Bertz CT molecular complexity index is 1410. The average molecular weight is 606 g/mol. The van der Waals surface area contributed by atoms with E-state index in [-0.39, 0.29) is 24.5 Å². The van der Waals surface area contributed by atoms with Crippen molar-refractivity contribution in [2.45, 2.75) is 55.3 Å². The SMILES string of the molecule is O=C1C(CCC(O)c2ccc(F)cc2)C(c2ccc(OC3C(O)C(O)C(O)C(CO)C3(F)F)cc2)N1c1ccc(F)cc1. The molecule has 0 aromatic heterocycles. The second-order valence-corrected chi connectivity index (χ2v) is 10.9. The number of nitrogens with zero attached hydrogens (tertiary/aromatic N) is 1. The van der Waals surface area contributed by atoms with Crippen molar-refractivity contribution in [2.75, 3.05) is 11.5 Å². The largest absolute Gasteiger partial charge is 0.481 e. The number of aliphatic hydroxyl groups excluding tert-OH is 5. The maximum atomic E-state index is 15.0. The maximum Gasteiger partial charge on any atom is 0.294 e. The minimum Gasteiger partial charge on any atom is -0.481 e. The lowest BCUT2D eigenvalue weighted by atomic mass is 9.77. The van der Waals surface area contributed by atoms with Crippen LogP contribution >= 0.6 is 0 Å². The van der Waals surface area contributed by atoms with Crippen LogP contribution in [0.15, 0.2) is 72.8 Å². The molecule has 1 saturated heterocycles. The number of carbonyl (C=O) groups is 1. The van der Waals surface area contributed by atoms with Gasteiger partial charge in [0.05, 0.1) is 36.7 Å². The highest BCUT2D eigenvalue weighted by Crippen LogP contribution is 2.47. The molecule has 3 aromatic carbocycles. The van der Waals surface area contributed by atoms with Crippen LogP contribution < -0.4 is 9.64 Å². The third-order valence-electron chi connectivity index (χ3n) is 8.30. The van der Waals surface area contributed by atoms with Crippen molar-refractivity contribution < 1.29 is 52.6 Å². The molecule has 0 spiro atoms. The molecule has 12 heteroatoms. The number of rotatable bonds is 9. The lowest BCUT2D eigenvalue weighted by molar-refractivity contribution is -0.266. The average Bonchev–Trinajstić information content (AvgIpc) is 2.99. The Labute approximate surface area is 244 Å². The smallest absolute Gasteiger partial charge is 0.294 e. The van der Waals surface area contributed by atoms with Crippen LogP contribution in [0.5, 0.6) is 5.75 Å². The highest BCUT2D eigenvalue weighted by atomic mass is 19.3. The fourth-order valence-corrected chi connectivity index (χ4v) is 5.84. The Kier molecular flexibility index (Phi) is 8.77. The minimum absolute atomic E-state index is 0.102. The summed E-state index contributed by atoms with van der Waals surface area (Å²) in [4.78, 5) is 14.7. The van der Waals surface area contributed by atoms with E-state index in [4.69, 9.17) is 4.74 Å². The number of ether oxygens (including phenoxy) is 1. The van der Waals surface area contributed by atoms with Gasteiger partial charge in [-0.15, -0.1) is 0 Å². The molecule has 1 saturated carbocycles. The molecular weight excluding hydrogens is 574 g/mol. The summed E-state index contributed by atoms with van der Waals surface area (Å²) in [7, 11) is 0. The third-order valence-corrected chi connectivity index (χ3v) is 8.30. The lowest BCUT2D eigenvalue weighted by Crippen LogP contribution is -2.67. The van der Waals surface area contributed by atoms with Crippen molar-refractivity contribution in [3.8, 4) is 5.75 Å². The molecule has 0 bridgehead atoms. The van der Waals surface area contributed by atoms with Crippen LogP contribution in [-0.2, 0) is 4.79 Å². The zero-order valence-electron chi connectivity index (χ0n) is 22.7. The number of hydrogen-bond donors (Lipinski definition) is 5. The summed E-state index contributed by atoms with van der Waals surface area (Å²) in [5.74, 6) is -7.86. The molecule has 8 atom stereocenters. The van der Waals surface area contributed by atoms with Crippen LogP contribution in [0.1, 0.15) is 36.1 Å². The van der Waals surface area contributed by atoms with E-state index in [0.29, 0.717) is 16.8 Å². The molecule has 2 aliphatic rings. The zero-order chi connectivity index (χ0) is 31.1. The molecule has 3 aromatic rings. The number of benzene rings is 3. The van der Waals surface area contributed by atoms with E-state index in [1.54, 1.807) is 0 Å². The van der Waals surface area contributed by atoms with Crippen LogP contribution in [0.2, 0.25) is 0 Å². The van der Waals surface area contributed by atoms with Gasteiger partial charge >= 0.3 is 0 Å². The van der Waals surface area contributed by atoms with Gasteiger partial charge in [0.25, 0.3) is 5.92 Å². The van der Waals surface area contributed by atoms with Gasteiger partial charge in [-0.2, -0.15) is 0 Å². The molecule has 1 aliphatic heterocycles. The van der Waals surface area contributed by atoms with E-state index >= 15 is 0 Å². The van der Waals surface area contributed by atoms with Crippen molar-refractivity contribution in [1.29, 1.82) is 0 Å². The minimum atomic E-state index is -3.89. The van der Waals surface area contributed by atoms with Gasteiger partial charge in [0.1, 0.15) is 29.6 Å². The van der Waals surface area contributed by atoms with Crippen LogP contribution in [0, 0.1) is 23.5 Å². The first-order valence-electron chi connectivity index (χ1n) is 13.8. The molecule has 1 heterocycles. The fourth-order valence-electron chi connectivity index (χ4n) is 5.84. The van der Waals surface area contributed by atoms with E-state index < -0.39 is 72.6 Å². The summed E-state index contributed by atoms with van der Waals surface area (Å²) < 4.78 is 62.2. The second kappa shape index (κ2) is 12.2. The third kappa shape index (κ3) is 5.85. The summed E-state index contributed by atoms with van der Waals surface area (Å²) in [5.41, 5.74) is 1.50. The molecular formula is C31H31F4NO7. The molecule has 5 N–H and O–H groups in total. The van der Waals surface area contributed by atoms with Gasteiger partial charge in [-0.3, -0.25) is 4.79 Å². The Balaban J connectivity index is 1.37. The van der Waals surface area contributed by atoms with Crippen molar-refractivity contribution in [3.63, 3.8) is 0 Å². The monoisotopic (exact) mass is 605 g/mol. The van der Waals surface area contributed by atoms with Crippen molar-refractivity contribution in [1.82, 2.24) is 0 Å². The number of alkyl halides is 2. The van der Waals surface area contributed by atoms with Crippen molar-refractivity contribution in [3.05, 3.63) is 95.6 Å². The Morgan fingerprint density at radius 3 is 2.00 bits per heavy atom. The highest BCUT2D eigenvalue weighted by molar-refractivity contribution is 6.03. The van der Waals surface area contributed by atoms with Crippen LogP contribution in [0.3, 0.4) is 0 Å². The number of carbonyl (C=O) groups excluding carboxylic acids is 1. The normalized spacial score (nSPS) is 29.2. The molecule has 8 nitrogen and oxygen atoms in total. The maximum absolute atomic E-state index is 15.0. The van der Waals surface area contributed by atoms with Crippen molar-refractivity contribution >= 4 is 11.6 Å². The highest BCUT2D eigenvalue weighted by Gasteiger charge is 2.62. The molecule has 43 heavy (non-hydrogen) atoms. The van der Waals surface area contributed by atoms with Crippen LogP contribution in [0.25, 0.3) is 0 Å². The van der Waals surface area contributed by atoms with Gasteiger partial charge in [0.2, 0.25) is 5.91 Å². The number of halogens is 4. The molecule has 230 valence electrons. The standard InChI is InChI=1S/C31H31F4NO7/c32-18-5-1-16(2-6-18)24(38)14-13-22-25(36(30(22)42)20-9-7-19(33)8-10-20)17-3-11-21(12-4-17)43-29-28(41)27(40)26(39)23(15-37)31(29,34)35/h1-12,22-29,37-41H,13-15H2.